The Bertz CT molecular complexity index is 436. The van der Waals surface area contributed by atoms with Gasteiger partial charge in [-0.2, -0.15) is 0 Å². The lowest BCUT2D eigenvalue weighted by atomic mass is 10.00. The summed E-state index contributed by atoms with van der Waals surface area (Å²) in [7, 11) is 0. The smallest absolute Gasteiger partial charge is 0.0971 e. The number of hydrogen-bond acceptors (Lipinski definition) is 4. The second-order valence-electron chi connectivity index (χ2n) is 5.93. The Kier molecular flexibility index (Phi) is 8.75. The second kappa shape index (κ2) is 15.7. The average molecular weight is 325 g/mol. The van der Waals surface area contributed by atoms with Crippen molar-refractivity contribution in [2.24, 2.45) is 5.73 Å². The molecule has 0 radical (unpaired) electrons. The molecule has 134 valence electrons. The highest BCUT2D eigenvalue weighted by molar-refractivity contribution is 4.77. The Labute approximate surface area is 147 Å². The largest absolute Gasteiger partial charge is 0.395 e. The van der Waals surface area contributed by atoms with Gasteiger partial charge in [0.05, 0.1) is 24.9 Å². The maximum Gasteiger partial charge on any atom is 0.0971 e. The molecule has 22 heavy (non-hydrogen) atoms. The number of nitrogens with two attached hydrogens (primary N) is 1. The van der Waals surface area contributed by atoms with Crippen LogP contribution in [0.4, 0.5) is 0 Å². The molecule has 0 saturated carbocycles. The van der Waals surface area contributed by atoms with Gasteiger partial charge in [0.2, 0.25) is 0 Å². The Morgan fingerprint density at radius 2 is 1.41 bits per heavy atom. The first-order valence-corrected chi connectivity index (χ1v) is 8.50. The third kappa shape index (κ3) is 12.4. The maximum absolute atomic E-state index is 9.77. The summed E-state index contributed by atoms with van der Waals surface area (Å²) in [5.41, 5.74) is 5.48. The molecular formula is C18H39NO3. The normalized spacial score (nSPS) is 22.3. The molecule has 0 aliphatic carbocycles. The van der Waals surface area contributed by atoms with Crippen molar-refractivity contribution in [2.75, 3.05) is 6.61 Å². The zero-order valence-corrected chi connectivity index (χ0v) is 13.6. The molecule has 0 aliphatic heterocycles. The average Bonchev–Trinajstić information content (AvgIpc) is 2.63. The zero-order chi connectivity index (χ0) is 22.7. The van der Waals surface area contributed by atoms with Gasteiger partial charge in [-0.3, -0.25) is 0 Å². The number of rotatable bonds is 16. The Morgan fingerprint density at radius 1 is 0.909 bits per heavy atom. The van der Waals surface area contributed by atoms with Gasteiger partial charge in [0.1, 0.15) is 0 Å². The van der Waals surface area contributed by atoms with Gasteiger partial charge in [-0.25, -0.2) is 0 Å². The molecule has 5 N–H and O–H groups in total. The fourth-order valence-electron chi connectivity index (χ4n) is 2.43. The lowest BCUT2D eigenvalue weighted by Crippen LogP contribution is -2.45. The summed E-state index contributed by atoms with van der Waals surface area (Å²) in [6.07, 6.45) is 0.952. The molecular weight excluding hydrogens is 278 g/mol. The van der Waals surface area contributed by atoms with Crippen molar-refractivity contribution in [1.82, 2.24) is 0 Å². The first-order chi connectivity index (χ1) is 13.3. The van der Waals surface area contributed by atoms with E-state index in [1.54, 1.807) is 0 Å². The molecule has 0 heterocycles. The zero-order valence-electron chi connectivity index (χ0n) is 20.6. The van der Waals surface area contributed by atoms with Crippen LogP contribution in [-0.2, 0) is 0 Å². The summed E-state index contributed by atoms with van der Waals surface area (Å²) < 4.78 is 52.2. The van der Waals surface area contributed by atoms with Crippen molar-refractivity contribution >= 4 is 0 Å². The van der Waals surface area contributed by atoms with Gasteiger partial charge in [0.15, 0.2) is 0 Å². The van der Waals surface area contributed by atoms with Crippen LogP contribution in [0.3, 0.4) is 0 Å². The highest BCUT2D eigenvalue weighted by Crippen LogP contribution is 2.14. The molecule has 4 nitrogen and oxygen atoms in total. The van der Waals surface area contributed by atoms with Crippen molar-refractivity contribution in [3.05, 3.63) is 0 Å². The highest BCUT2D eigenvalue weighted by atomic mass is 16.3. The molecule has 0 fully saturated rings. The Hall–Kier alpha value is -0.160. The van der Waals surface area contributed by atoms with Crippen LogP contribution in [0, 0.1) is 0 Å². The minimum atomic E-state index is -2.98. The van der Waals surface area contributed by atoms with Crippen LogP contribution in [-0.4, -0.2) is 40.2 Å². The number of aliphatic hydroxyl groups is 3. The molecule has 0 aromatic heterocycles. The van der Waals surface area contributed by atoms with Crippen LogP contribution >= 0.6 is 0 Å². The first kappa shape index (κ1) is 12.2. The van der Waals surface area contributed by atoms with E-state index in [4.69, 9.17) is 20.4 Å². The van der Waals surface area contributed by atoms with Gasteiger partial charge < -0.3 is 21.1 Å². The van der Waals surface area contributed by atoms with Gasteiger partial charge in [-0.15, -0.1) is 0 Å². The molecule has 3 atom stereocenters. The van der Waals surface area contributed by atoms with Crippen molar-refractivity contribution in [2.45, 2.75) is 108 Å². The van der Waals surface area contributed by atoms with E-state index in [1.165, 1.54) is 0 Å². The summed E-state index contributed by atoms with van der Waals surface area (Å²) in [6.45, 7) is -3.34. The number of unbranched alkanes of at least 4 members (excludes halogenated alkanes) is 8. The minimum Gasteiger partial charge on any atom is -0.395 e. The summed E-state index contributed by atoms with van der Waals surface area (Å²) >= 11 is 0. The first-order valence-electron chi connectivity index (χ1n) is 12.0. The maximum atomic E-state index is 9.77. The van der Waals surface area contributed by atoms with Crippen LogP contribution in [0.15, 0.2) is 0 Å². The monoisotopic (exact) mass is 324 g/mol. The third-order valence-electron chi connectivity index (χ3n) is 3.93. The Morgan fingerprint density at radius 3 is 1.91 bits per heavy atom. The summed E-state index contributed by atoms with van der Waals surface area (Å²) in [4.78, 5) is 0. The fourth-order valence-corrected chi connectivity index (χ4v) is 2.43. The van der Waals surface area contributed by atoms with E-state index in [0.29, 0.717) is 12.8 Å². The quantitative estimate of drug-likeness (QED) is 0.329. The van der Waals surface area contributed by atoms with E-state index in [2.05, 4.69) is 0 Å². The molecule has 0 amide bonds. The lowest BCUT2D eigenvalue weighted by Gasteiger charge is -2.22. The van der Waals surface area contributed by atoms with Crippen LogP contribution in [0.5, 0.6) is 0 Å². The van der Waals surface area contributed by atoms with Gasteiger partial charge in [0.25, 0.3) is 0 Å². The summed E-state index contributed by atoms with van der Waals surface area (Å²) in [6, 6.07) is -0.827. The predicted octanol–water partition coefficient (Wildman–Crippen LogP) is 3.12. The van der Waals surface area contributed by atoms with E-state index in [-0.39, 0.29) is 13.0 Å². The number of hydrogen-bond donors (Lipinski definition) is 4. The van der Waals surface area contributed by atoms with E-state index >= 15 is 0 Å². The van der Waals surface area contributed by atoms with E-state index in [0.717, 1.165) is 51.4 Å². The molecule has 0 unspecified atom stereocenters. The van der Waals surface area contributed by atoms with Crippen LogP contribution in [0.25, 0.3) is 0 Å². The molecule has 0 bridgehead atoms. The van der Waals surface area contributed by atoms with Gasteiger partial charge in [0, 0.05) is 9.60 Å². The molecule has 0 aromatic rings. The minimum absolute atomic E-state index is 0.105. The third-order valence-corrected chi connectivity index (χ3v) is 3.93. The van der Waals surface area contributed by atoms with Crippen LogP contribution in [0.1, 0.15) is 99.8 Å². The SMILES string of the molecule is [2H]C([2H])([2H])C([2H])([2H])C([2H])([2H])CCCCCCCCCCC[C@@H](O)[C@@H](O)[C@@H](N)CO. The van der Waals surface area contributed by atoms with Crippen molar-refractivity contribution in [3.63, 3.8) is 0 Å². The van der Waals surface area contributed by atoms with E-state index in [1.807, 2.05) is 0 Å². The second-order valence-corrected chi connectivity index (χ2v) is 5.93. The molecule has 4 heteroatoms. The van der Waals surface area contributed by atoms with Gasteiger partial charge >= 0.3 is 0 Å². The number of aliphatic hydroxyl groups excluding tert-OH is 3. The Balaban J connectivity index is 3.73. The van der Waals surface area contributed by atoms with Crippen LogP contribution in [0.2, 0.25) is 0 Å². The predicted molar refractivity (Wildman–Crippen MR) is 92.8 cm³/mol. The molecule has 0 aliphatic rings. The summed E-state index contributed by atoms with van der Waals surface area (Å²) in [5.74, 6) is 0. The van der Waals surface area contributed by atoms with Crippen molar-refractivity contribution in [3.8, 4) is 0 Å². The standard InChI is InChI=1S/C18H39NO3/c1-2-3-4-5-6-7-8-9-10-11-12-13-14-17(21)18(22)16(19)15-20/h16-18,20-22H,2-15,19H2,1H3/t16-,17+,18-/m0/s1/i1D3,2D2,3D2. The molecule has 0 saturated heterocycles. The summed E-state index contributed by atoms with van der Waals surface area (Å²) in [5, 5.41) is 28.3. The molecule has 0 aromatic carbocycles. The molecule has 0 rings (SSSR count). The van der Waals surface area contributed by atoms with Gasteiger partial charge in [-0.1, -0.05) is 83.8 Å². The van der Waals surface area contributed by atoms with E-state index < -0.39 is 37.8 Å². The van der Waals surface area contributed by atoms with Gasteiger partial charge in [-0.05, 0) is 6.42 Å². The van der Waals surface area contributed by atoms with Crippen molar-refractivity contribution in [1.29, 1.82) is 0 Å². The van der Waals surface area contributed by atoms with Crippen LogP contribution < -0.4 is 5.73 Å². The van der Waals surface area contributed by atoms with Crippen molar-refractivity contribution < 1.29 is 24.9 Å². The molecule has 0 spiro atoms. The topological polar surface area (TPSA) is 86.7 Å². The lowest BCUT2D eigenvalue weighted by molar-refractivity contribution is -0.0121. The van der Waals surface area contributed by atoms with E-state index in [9.17, 15) is 10.2 Å². The highest BCUT2D eigenvalue weighted by Gasteiger charge is 2.22. The fraction of sp³-hybridized carbons (Fsp3) is 1.00.